The van der Waals surface area contributed by atoms with E-state index in [0.717, 1.165) is 38.5 Å². The molecule has 8 rings (SSSR count). The zero-order chi connectivity index (χ0) is 47.4. The van der Waals surface area contributed by atoms with Gasteiger partial charge in [0.25, 0.3) is 0 Å². The van der Waals surface area contributed by atoms with Gasteiger partial charge < -0.3 is 84.6 Å². The minimum absolute atomic E-state index is 0.0557. The van der Waals surface area contributed by atoms with Crippen LogP contribution in [-0.4, -0.2) is 181 Å². The van der Waals surface area contributed by atoms with Crippen molar-refractivity contribution in [3.63, 3.8) is 0 Å². The highest BCUT2D eigenvalue weighted by molar-refractivity contribution is 5.79. The monoisotopic (exact) mass is 929 g/mol. The first-order chi connectivity index (χ1) is 30.4. The number of hydrogen-bond donors (Lipinski definition) is 11. The number of carbonyl (C=O) groups excluding carboxylic acids is 1. The number of aliphatic hydroxyl groups is 11. The first-order valence-electron chi connectivity index (χ1n) is 23.9. The Bertz CT molecular complexity index is 1760. The van der Waals surface area contributed by atoms with Gasteiger partial charge in [0.1, 0.15) is 67.1 Å². The van der Waals surface area contributed by atoms with Gasteiger partial charge in [-0.2, -0.15) is 0 Å². The molecule has 5 aliphatic carbocycles. The molecule has 0 spiro atoms. The summed E-state index contributed by atoms with van der Waals surface area (Å²) in [5.74, 6) is -0.485. The molecule has 65 heavy (non-hydrogen) atoms. The first kappa shape index (κ1) is 50.0. The Morgan fingerprint density at radius 3 is 2.00 bits per heavy atom. The molecule has 0 aromatic heterocycles. The van der Waals surface area contributed by atoms with Crippen LogP contribution < -0.4 is 0 Å². The second kappa shape index (κ2) is 17.8. The quantitative estimate of drug-likeness (QED) is 0.0808. The summed E-state index contributed by atoms with van der Waals surface area (Å²) in [6, 6.07) is 0. The molecule has 7 fully saturated rings. The Kier molecular flexibility index (Phi) is 13.7. The Labute approximate surface area is 380 Å². The van der Waals surface area contributed by atoms with Crippen molar-refractivity contribution >= 4 is 5.97 Å². The van der Waals surface area contributed by atoms with Gasteiger partial charge >= 0.3 is 5.97 Å². The molecule has 4 saturated carbocycles. The molecule has 0 radical (unpaired) electrons. The predicted molar refractivity (Wildman–Crippen MR) is 226 cm³/mol. The van der Waals surface area contributed by atoms with E-state index in [9.17, 15) is 61.0 Å². The summed E-state index contributed by atoms with van der Waals surface area (Å²) in [4.78, 5) is 14.9. The molecule has 0 aromatic carbocycles. The highest BCUT2D eigenvalue weighted by Gasteiger charge is 2.70. The lowest BCUT2D eigenvalue weighted by atomic mass is 9.33. The van der Waals surface area contributed by atoms with Gasteiger partial charge in [0.05, 0.1) is 37.9 Å². The number of esters is 1. The van der Waals surface area contributed by atoms with Crippen molar-refractivity contribution in [3.8, 4) is 0 Å². The van der Waals surface area contributed by atoms with Gasteiger partial charge in [-0.25, -0.2) is 0 Å². The molecule has 0 amide bonds. The van der Waals surface area contributed by atoms with Crippen LogP contribution in [0.2, 0.25) is 0 Å². The van der Waals surface area contributed by atoms with E-state index in [1.54, 1.807) is 0 Å². The number of allylic oxidation sites excluding steroid dienone is 2. The molecule has 11 N–H and O–H groups in total. The number of rotatable bonds is 9. The second-order valence-electron chi connectivity index (χ2n) is 22.9. The van der Waals surface area contributed by atoms with Crippen LogP contribution >= 0.6 is 0 Å². The lowest BCUT2D eigenvalue weighted by molar-refractivity contribution is -0.328. The minimum atomic E-state index is -1.81. The fraction of sp³-hybridized carbons (Fsp3) is 0.936. The molecule has 23 atom stereocenters. The number of hydrogen-bond acceptors (Lipinski definition) is 18. The van der Waals surface area contributed by atoms with E-state index < -0.39 is 122 Å². The van der Waals surface area contributed by atoms with E-state index in [1.165, 1.54) is 5.57 Å². The van der Waals surface area contributed by atoms with Crippen molar-refractivity contribution in [2.75, 3.05) is 26.4 Å². The molecule has 3 aliphatic heterocycles. The number of ether oxygens (including phenoxy) is 6. The maximum atomic E-state index is 14.9. The fourth-order valence-corrected chi connectivity index (χ4v) is 14.7. The Balaban J connectivity index is 1.02. The van der Waals surface area contributed by atoms with E-state index in [1.807, 2.05) is 0 Å². The molecule has 3 saturated heterocycles. The highest BCUT2D eigenvalue weighted by Crippen LogP contribution is 2.76. The maximum absolute atomic E-state index is 14.9. The third-order valence-electron chi connectivity index (χ3n) is 19.0. The minimum Gasteiger partial charge on any atom is -0.432 e. The normalized spacial score (nSPS) is 54.3. The third kappa shape index (κ3) is 7.89. The highest BCUT2D eigenvalue weighted by atomic mass is 16.7. The van der Waals surface area contributed by atoms with Gasteiger partial charge in [-0.1, -0.05) is 53.2 Å². The van der Waals surface area contributed by atoms with Crippen LogP contribution in [0.4, 0.5) is 0 Å². The van der Waals surface area contributed by atoms with Crippen molar-refractivity contribution in [2.24, 2.45) is 50.2 Å². The van der Waals surface area contributed by atoms with E-state index in [0.29, 0.717) is 25.7 Å². The fourth-order valence-electron chi connectivity index (χ4n) is 14.7. The van der Waals surface area contributed by atoms with Crippen molar-refractivity contribution in [1.29, 1.82) is 0 Å². The van der Waals surface area contributed by atoms with Crippen LogP contribution in [0.15, 0.2) is 11.6 Å². The summed E-state index contributed by atoms with van der Waals surface area (Å²) in [6.07, 6.45) is -12.5. The maximum Gasteiger partial charge on any atom is 0.315 e. The van der Waals surface area contributed by atoms with Crippen LogP contribution in [0.25, 0.3) is 0 Å². The van der Waals surface area contributed by atoms with Crippen LogP contribution in [0.3, 0.4) is 0 Å². The second-order valence-corrected chi connectivity index (χ2v) is 22.9. The zero-order valence-corrected chi connectivity index (χ0v) is 38.6. The molecular weight excluding hydrogens is 852 g/mol. The van der Waals surface area contributed by atoms with Gasteiger partial charge in [-0.05, 0) is 104 Å². The average Bonchev–Trinajstić information content (AvgIpc) is 3.26. The SMILES string of the molecule is CC1(C)CC[C@@]2(C(=O)O[C@H]3O[C@@H](CO[C@H]4O[C@@H](CO)[C@H](O)[C@@H](O)[C@@H]4O)[C@H](O)[C@@H](O)[C@@H]3O)CC[C@]3(C)C(=CC[C@@H]4[C@@]5(C)CC[C@@H](O[C@H]6OC[C@H](O)[C@@H](O)[C@@H]6O)[C@](C)(CO)[C@@H]5CC[C@]43C)[C@H]2C1. The molecule has 0 bridgehead atoms. The van der Waals surface area contributed by atoms with E-state index >= 15 is 0 Å². The number of fused-ring (bicyclic) bond motifs is 7. The molecular formula is C47H76O18. The summed E-state index contributed by atoms with van der Waals surface area (Å²) < 4.78 is 35.2. The topological polar surface area (TPSA) is 295 Å². The summed E-state index contributed by atoms with van der Waals surface area (Å²) in [5.41, 5.74) is -1.23. The standard InChI is InChI=1S/C47H76O18/c1-42(2)13-15-47(41(59)65-40-37(58)34(55)32(53)26(63-40)20-61-38-36(57)33(54)31(52)25(18-48)62-38)16-14-45(5)22(23(47)17-42)7-8-28-43(3)11-10-29(64-39-35(56)30(51)24(50)19-60-39)44(4,21-49)27(43)9-12-46(28,45)6/h7,23-40,48-58H,8-21H2,1-6H3/t23-,24+,25+,26+,27-,28-,29-,30-,31+,32+,33-,34-,35+,36+,37+,38+,39-,40-,43+,44-,45-,46-,47-/m1/s1. The van der Waals surface area contributed by atoms with Crippen molar-refractivity contribution < 1.29 is 89.4 Å². The Hall–Kier alpha value is -1.43. The van der Waals surface area contributed by atoms with Crippen molar-refractivity contribution in [2.45, 2.75) is 198 Å². The Morgan fingerprint density at radius 2 is 1.32 bits per heavy atom. The average molecular weight is 929 g/mol. The first-order valence-corrected chi connectivity index (χ1v) is 23.9. The number of aliphatic hydroxyl groups excluding tert-OH is 11. The van der Waals surface area contributed by atoms with E-state index in [4.69, 9.17) is 28.4 Å². The van der Waals surface area contributed by atoms with Gasteiger partial charge in [-0.3, -0.25) is 4.79 Å². The van der Waals surface area contributed by atoms with Gasteiger partial charge in [0.2, 0.25) is 6.29 Å². The van der Waals surface area contributed by atoms with Crippen LogP contribution in [0.1, 0.15) is 106 Å². The van der Waals surface area contributed by atoms with Gasteiger partial charge in [0, 0.05) is 5.41 Å². The number of carbonyl (C=O) groups is 1. The van der Waals surface area contributed by atoms with Crippen LogP contribution in [0, 0.1) is 50.2 Å². The summed E-state index contributed by atoms with van der Waals surface area (Å²) in [5, 5.41) is 116. The molecule has 3 heterocycles. The molecule has 18 nitrogen and oxygen atoms in total. The largest absolute Gasteiger partial charge is 0.432 e. The molecule has 18 heteroatoms. The molecule has 8 aliphatic rings. The summed E-state index contributed by atoms with van der Waals surface area (Å²) >= 11 is 0. The third-order valence-corrected chi connectivity index (χ3v) is 19.0. The summed E-state index contributed by atoms with van der Waals surface area (Å²) in [6.45, 7) is 12.1. The van der Waals surface area contributed by atoms with E-state index in [-0.39, 0.29) is 52.6 Å². The molecule has 0 aromatic rings. The van der Waals surface area contributed by atoms with Gasteiger partial charge in [-0.15, -0.1) is 0 Å². The molecule has 0 unspecified atom stereocenters. The van der Waals surface area contributed by atoms with Gasteiger partial charge in [0.15, 0.2) is 12.6 Å². The van der Waals surface area contributed by atoms with Crippen molar-refractivity contribution in [1.82, 2.24) is 0 Å². The smallest absolute Gasteiger partial charge is 0.315 e. The summed E-state index contributed by atoms with van der Waals surface area (Å²) in [7, 11) is 0. The predicted octanol–water partition coefficient (Wildman–Crippen LogP) is -0.248. The Morgan fingerprint density at radius 1 is 0.692 bits per heavy atom. The molecule has 372 valence electrons. The van der Waals surface area contributed by atoms with E-state index in [2.05, 4.69) is 47.6 Å². The van der Waals surface area contributed by atoms with Crippen LogP contribution in [0.5, 0.6) is 0 Å². The van der Waals surface area contributed by atoms with Crippen molar-refractivity contribution in [3.05, 3.63) is 11.6 Å². The lowest BCUT2D eigenvalue weighted by Gasteiger charge is -2.71. The zero-order valence-electron chi connectivity index (χ0n) is 38.6. The lowest BCUT2D eigenvalue weighted by Crippen LogP contribution is -2.67. The van der Waals surface area contributed by atoms with Crippen LogP contribution in [-0.2, 0) is 33.2 Å².